The van der Waals surface area contributed by atoms with Gasteiger partial charge in [0.15, 0.2) is 6.10 Å². The summed E-state index contributed by atoms with van der Waals surface area (Å²) in [7, 11) is 1.49. The Hall–Kier alpha value is -3.49. The van der Waals surface area contributed by atoms with Gasteiger partial charge in [0, 0.05) is 47.0 Å². The highest BCUT2D eigenvalue weighted by atomic mass is 35.5. The minimum absolute atomic E-state index is 0.361. The summed E-state index contributed by atoms with van der Waals surface area (Å²) in [6.45, 7) is 4.19. The third-order valence-electron chi connectivity index (χ3n) is 5.19. The Labute approximate surface area is 189 Å². The van der Waals surface area contributed by atoms with Crippen molar-refractivity contribution in [2.24, 2.45) is 0 Å². The maximum Gasteiger partial charge on any atom is 0.257 e. The summed E-state index contributed by atoms with van der Waals surface area (Å²) in [5.41, 5.74) is 4.07. The third kappa shape index (κ3) is 4.28. The van der Waals surface area contributed by atoms with Crippen LogP contribution in [0.3, 0.4) is 0 Å². The molecule has 2 N–H and O–H groups in total. The van der Waals surface area contributed by atoms with Crippen molar-refractivity contribution in [3.63, 3.8) is 0 Å². The standard InChI is InChI=1S/C23H22ClN5O3/c1-13-8-18-20(21(30)23(31)28-16-6-7-25-19(9-16)32-3)14(2)29(22(18)27-10-13)12-17-5-4-15(24)11-26-17/h4-11,21,30H,12H2,1-3H3,(H,25,28,31). The molecule has 1 atom stereocenters. The molecule has 0 spiro atoms. The highest BCUT2D eigenvalue weighted by molar-refractivity contribution is 6.30. The molecule has 0 aliphatic rings. The van der Waals surface area contributed by atoms with E-state index in [9.17, 15) is 9.90 Å². The average Bonchev–Trinajstić information content (AvgIpc) is 3.05. The number of hydrogen-bond acceptors (Lipinski definition) is 6. The summed E-state index contributed by atoms with van der Waals surface area (Å²) in [5.74, 6) is -0.202. The molecule has 4 rings (SSSR count). The molecular formula is C23H22ClN5O3. The zero-order valence-electron chi connectivity index (χ0n) is 17.8. The minimum Gasteiger partial charge on any atom is -0.481 e. The molecule has 0 saturated carbocycles. The Balaban J connectivity index is 1.72. The molecule has 0 saturated heterocycles. The van der Waals surface area contributed by atoms with E-state index in [0.717, 1.165) is 17.0 Å². The van der Waals surface area contributed by atoms with Crippen LogP contribution >= 0.6 is 11.6 Å². The van der Waals surface area contributed by atoms with Crippen LogP contribution in [0.5, 0.6) is 5.88 Å². The molecular weight excluding hydrogens is 430 g/mol. The monoisotopic (exact) mass is 451 g/mol. The van der Waals surface area contributed by atoms with Crippen molar-refractivity contribution in [3.05, 3.63) is 76.5 Å². The van der Waals surface area contributed by atoms with Gasteiger partial charge in [-0.05, 0) is 43.7 Å². The van der Waals surface area contributed by atoms with Crippen molar-refractivity contribution in [1.82, 2.24) is 19.5 Å². The number of pyridine rings is 3. The van der Waals surface area contributed by atoms with Crippen molar-refractivity contribution in [2.75, 3.05) is 12.4 Å². The second kappa shape index (κ2) is 8.94. The molecule has 1 amide bonds. The molecule has 164 valence electrons. The Morgan fingerprint density at radius 3 is 2.72 bits per heavy atom. The molecule has 0 aliphatic carbocycles. The van der Waals surface area contributed by atoms with E-state index in [4.69, 9.17) is 16.3 Å². The lowest BCUT2D eigenvalue weighted by Gasteiger charge is -2.13. The van der Waals surface area contributed by atoms with Crippen molar-refractivity contribution >= 4 is 34.2 Å². The van der Waals surface area contributed by atoms with E-state index in [-0.39, 0.29) is 0 Å². The number of aliphatic hydroxyl groups excluding tert-OH is 1. The van der Waals surface area contributed by atoms with Crippen LogP contribution in [-0.2, 0) is 11.3 Å². The number of carbonyl (C=O) groups excluding carboxylic acids is 1. The van der Waals surface area contributed by atoms with Crippen LogP contribution in [0.2, 0.25) is 5.02 Å². The highest BCUT2D eigenvalue weighted by Gasteiger charge is 2.27. The number of halogens is 1. The predicted molar refractivity (Wildman–Crippen MR) is 122 cm³/mol. The van der Waals surface area contributed by atoms with Gasteiger partial charge in [0.2, 0.25) is 5.88 Å². The van der Waals surface area contributed by atoms with Crippen LogP contribution < -0.4 is 10.1 Å². The SMILES string of the molecule is COc1cc(NC(=O)C(O)c2c(C)n(Cc3ccc(Cl)cn3)c3ncc(C)cc23)ccn1. The van der Waals surface area contributed by atoms with Gasteiger partial charge in [-0.2, -0.15) is 0 Å². The number of aromatic nitrogens is 4. The van der Waals surface area contributed by atoms with Gasteiger partial charge in [0.25, 0.3) is 5.91 Å². The lowest BCUT2D eigenvalue weighted by atomic mass is 10.0. The van der Waals surface area contributed by atoms with E-state index in [0.29, 0.717) is 39.7 Å². The molecule has 0 fully saturated rings. The largest absolute Gasteiger partial charge is 0.481 e. The Morgan fingerprint density at radius 1 is 1.19 bits per heavy atom. The highest BCUT2D eigenvalue weighted by Crippen LogP contribution is 2.32. The lowest BCUT2D eigenvalue weighted by molar-refractivity contribution is -0.124. The molecule has 4 aromatic rings. The molecule has 8 nitrogen and oxygen atoms in total. The van der Waals surface area contributed by atoms with Gasteiger partial charge in [0.1, 0.15) is 5.65 Å². The van der Waals surface area contributed by atoms with E-state index >= 15 is 0 Å². The maximum absolute atomic E-state index is 12.9. The van der Waals surface area contributed by atoms with E-state index in [1.54, 1.807) is 30.6 Å². The molecule has 4 heterocycles. The fraction of sp³-hybridized carbons (Fsp3) is 0.217. The van der Waals surface area contributed by atoms with Crippen molar-refractivity contribution in [1.29, 1.82) is 0 Å². The van der Waals surface area contributed by atoms with Crippen LogP contribution in [0.25, 0.3) is 11.0 Å². The van der Waals surface area contributed by atoms with Gasteiger partial charge in [-0.25, -0.2) is 9.97 Å². The first kappa shape index (κ1) is 21.7. The number of rotatable bonds is 6. The number of methoxy groups -OCH3 is 1. The topological polar surface area (TPSA) is 102 Å². The first-order valence-corrected chi connectivity index (χ1v) is 10.3. The fourth-order valence-corrected chi connectivity index (χ4v) is 3.73. The summed E-state index contributed by atoms with van der Waals surface area (Å²) >= 11 is 5.95. The second-order valence-electron chi connectivity index (χ2n) is 7.42. The van der Waals surface area contributed by atoms with E-state index in [2.05, 4.69) is 20.3 Å². The van der Waals surface area contributed by atoms with Gasteiger partial charge < -0.3 is 19.7 Å². The van der Waals surface area contributed by atoms with Gasteiger partial charge in [-0.1, -0.05) is 11.6 Å². The quantitative estimate of drug-likeness (QED) is 0.462. The summed E-state index contributed by atoms with van der Waals surface area (Å²) in [6.07, 6.45) is 3.46. The second-order valence-corrected chi connectivity index (χ2v) is 7.85. The summed E-state index contributed by atoms with van der Waals surface area (Å²) in [4.78, 5) is 25.9. The summed E-state index contributed by atoms with van der Waals surface area (Å²) < 4.78 is 7.02. The van der Waals surface area contributed by atoms with Crippen LogP contribution in [-0.4, -0.2) is 37.6 Å². The summed E-state index contributed by atoms with van der Waals surface area (Å²) in [5, 5.41) is 15.0. The van der Waals surface area contributed by atoms with E-state index in [1.165, 1.54) is 13.3 Å². The zero-order valence-corrected chi connectivity index (χ0v) is 18.6. The van der Waals surface area contributed by atoms with Crippen molar-refractivity contribution < 1.29 is 14.6 Å². The fourth-order valence-electron chi connectivity index (χ4n) is 3.62. The Bertz CT molecular complexity index is 1290. The van der Waals surface area contributed by atoms with Gasteiger partial charge in [-0.3, -0.25) is 9.78 Å². The van der Waals surface area contributed by atoms with Gasteiger partial charge in [-0.15, -0.1) is 0 Å². The molecule has 0 aromatic carbocycles. The smallest absolute Gasteiger partial charge is 0.257 e. The van der Waals surface area contributed by atoms with Gasteiger partial charge >= 0.3 is 0 Å². The van der Waals surface area contributed by atoms with Crippen molar-refractivity contribution in [3.8, 4) is 5.88 Å². The average molecular weight is 452 g/mol. The molecule has 0 bridgehead atoms. The Kier molecular flexibility index (Phi) is 6.07. The van der Waals surface area contributed by atoms with Gasteiger partial charge in [0.05, 0.1) is 24.4 Å². The van der Waals surface area contributed by atoms with Crippen molar-refractivity contribution in [2.45, 2.75) is 26.5 Å². The third-order valence-corrected chi connectivity index (χ3v) is 5.41. The van der Waals surface area contributed by atoms with Crippen LogP contribution in [0.15, 0.2) is 48.9 Å². The molecule has 0 aliphatic heterocycles. The first-order chi connectivity index (χ1) is 15.4. The van der Waals surface area contributed by atoms with Crippen LogP contribution in [0, 0.1) is 13.8 Å². The minimum atomic E-state index is -1.40. The number of fused-ring (bicyclic) bond motifs is 1. The number of aliphatic hydroxyl groups is 1. The van der Waals surface area contributed by atoms with E-state index in [1.807, 2.05) is 30.5 Å². The molecule has 1 unspecified atom stereocenters. The van der Waals surface area contributed by atoms with Crippen LogP contribution in [0.1, 0.15) is 28.6 Å². The zero-order chi connectivity index (χ0) is 22.8. The first-order valence-electron chi connectivity index (χ1n) is 9.92. The van der Waals surface area contributed by atoms with Crippen LogP contribution in [0.4, 0.5) is 5.69 Å². The lowest BCUT2D eigenvalue weighted by Crippen LogP contribution is -2.21. The normalized spacial score (nSPS) is 12.0. The maximum atomic E-state index is 12.9. The number of hydrogen-bond donors (Lipinski definition) is 2. The van der Waals surface area contributed by atoms with E-state index < -0.39 is 12.0 Å². The number of nitrogens with zero attached hydrogens (tertiary/aromatic N) is 4. The predicted octanol–water partition coefficient (Wildman–Crippen LogP) is 3.83. The molecule has 0 radical (unpaired) electrons. The number of anilines is 1. The molecule has 9 heteroatoms. The number of aryl methyl sites for hydroxylation is 1. The summed E-state index contributed by atoms with van der Waals surface area (Å²) in [6, 6.07) is 8.73. The molecule has 32 heavy (non-hydrogen) atoms. The number of ether oxygens (including phenoxy) is 1. The molecule has 4 aromatic heterocycles. The Morgan fingerprint density at radius 2 is 2.00 bits per heavy atom. The number of nitrogens with one attached hydrogen (secondary N) is 1. The number of amides is 1. The number of carbonyl (C=O) groups is 1.